The predicted molar refractivity (Wildman–Crippen MR) is 296 cm³/mol. The lowest BCUT2D eigenvalue weighted by molar-refractivity contribution is 0.767. The molecule has 0 spiro atoms. The van der Waals surface area contributed by atoms with Crippen LogP contribution in [0.2, 0.25) is 5.82 Å². The van der Waals surface area contributed by atoms with Crippen molar-refractivity contribution in [1.29, 1.82) is 0 Å². The molecule has 0 fully saturated rings. The Morgan fingerprint density at radius 2 is 0.829 bits per heavy atom. The van der Waals surface area contributed by atoms with Gasteiger partial charge in [0.15, 0.2) is 0 Å². The largest absolute Gasteiger partial charge is 0.335 e. The number of rotatable bonds is 7. The molecule has 0 N–H and O–H groups in total. The molecule has 3 nitrogen and oxygen atoms in total. The summed E-state index contributed by atoms with van der Waals surface area (Å²) in [5.41, 5.74) is 21.8. The second-order valence-electron chi connectivity index (χ2n) is 18.8. The zero-order valence-corrected chi connectivity index (χ0v) is 38.5. The molecule has 11 aromatic rings. The van der Waals surface area contributed by atoms with Crippen molar-refractivity contribution in [2.24, 2.45) is 0 Å². The first-order valence-corrected chi connectivity index (χ1v) is 24.5. The van der Waals surface area contributed by atoms with Crippen LogP contribution in [-0.4, -0.2) is 17.3 Å². The average Bonchev–Trinajstić information content (AvgIpc) is 3.78. The number of allylic oxidation sites excluding steroid dienone is 2. The number of para-hydroxylation sites is 2. The van der Waals surface area contributed by atoms with Gasteiger partial charge in [-0.25, -0.2) is 0 Å². The summed E-state index contributed by atoms with van der Waals surface area (Å²) in [4.78, 5) is 5.22. The van der Waals surface area contributed by atoms with Gasteiger partial charge >= 0.3 is 0 Å². The van der Waals surface area contributed by atoms with Gasteiger partial charge in [-0.15, -0.1) is 0 Å². The van der Waals surface area contributed by atoms with E-state index in [0.717, 1.165) is 11.4 Å². The van der Waals surface area contributed by atoms with Crippen molar-refractivity contribution in [3.8, 4) is 39.1 Å². The summed E-state index contributed by atoms with van der Waals surface area (Å²) < 4.78 is 2.49. The van der Waals surface area contributed by atoms with Crippen molar-refractivity contribution in [3.05, 3.63) is 273 Å². The Bertz CT molecular complexity index is 3770. The summed E-state index contributed by atoms with van der Waals surface area (Å²) in [5.74, 6) is 0.0896. The zero-order chi connectivity index (χ0) is 46.1. The fourth-order valence-corrected chi connectivity index (χ4v) is 11.8. The smallest absolute Gasteiger partial charge is 0.226 e. The molecule has 0 saturated heterocycles. The van der Waals surface area contributed by atoms with Crippen LogP contribution in [0.15, 0.2) is 267 Å². The zero-order valence-electron chi connectivity index (χ0n) is 38.5. The monoisotopic (exact) mass is 891 g/mol. The number of benzene rings is 10. The minimum absolute atomic E-state index is 0.0127. The second kappa shape index (κ2) is 16.4. The van der Waals surface area contributed by atoms with Crippen molar-refractivity contribution in [2.45, 2.75) is 11.9 Å². The summed E-state index contributed by atoms with van der Waals surface area (Å²) >= 11 is 0. The first-order valence-electron chi connectivity index (χ1n) is 24.5. The first kappa shape index (κ1) is 40.2. The number of anilines is 5. The highest BCUT2D eigenvalue weighted by Gasteiger charge is 2.49. The number of hydrogen-bond acceptors (Lipinski definition) is 2. The fourth-order valence-electron chi connectivity index (χ4n) is 11.8. The molecule has 2 atom stereocenters. The summed E-state index contributed by atoms with van der Waals surface area (Å²) in [5, 5.41) is 2.49. The van der Waals surface area contributed by atoms with Gasteiger partial charge in [-0.3, -0.25) is 0 Å². The highest BCUT2D eigenvalue weighted by Crippen LogP contribution is 2.51. The third-order valence-electron chi connectivity index (χ3n) is 15.0. The molecule has 2 aliphatic heterocycles. The van der Waals surface area contributed by atoms with Gasteiger partial charge in [0.1, 0.15) is 0 Å². The molecule has 0 radical (unpaired) electrons. The molecule has 10 aromatic carbocycles. The molecule has 0 bridgehead atoms. The van der Waals surface area contributed by atoms with E-state index in [2.05, 4.69) is 281 Å². The third-order valence-corrected chi connectivity index (χ3v) is 15.0. The lowest BCUT2D eigenvalue weighted by atomic mass is 9.28. The van der Waals surface area contributed by atoms with Gasteiger partial charge in [-0.2, -0.15) is 0 Å². The predicted octanol–water partition coefficient (Wildman–Crippen LogP) is 15.7. The minimum atomic E-state index is 0.0127. The molecule has 0 amide bonds. The molecule has 70 heavy (non-hydrogen) atoms. The van der Waals surface area contributed by atoms with Crippen LogP contribution in [0.1, 0.15) is 5.56 Å². The lowest BCUT2D eigenvalue weighted by Gasteiger charge is -2.50. The molecule has 3 heterocycles. The number of nitrogens with zero attached hydrogens (tertiary/aromatic N) is 3. The van der Waals surface area contributed by atoms with E-state index in [1.807, 2.05) is 0 Å². The van der Waals surface area contributed by atoms with E-state index >= 15 is 0 Å². The Balaban J connectivity index is 1.08. The lowest BCUT2D eigenvalue weighted by Crippen LogP contribution is -2.61. The van der Waals surface area contributed by atoms with Crippen LogP contribution in [-0.2, 0) is 0 Å². The summed E-state index contributed by atoms with van der Waals surface area (Å²) in [7, 11) is 0. The van der Waals surface area contributed by atoms with E-state index in [4.69, 9.17) is 0 Å². The van der Waals surface area contributed by atoms with E-state index in [1.165, 1.54) is 100.0 Å². The van der Waals surface area contributed by atoms with Gasteiger partial charge in [0.2, 0.25) is 6.71 Å². The van der Waals surface area contributed by atoms with E-state index in [9.17, 15) is 0 Å². The summed E-state index contributed by atoms with van der Waals surface area (Å²) in [6, 6.07) is 91.7. The van der Waals surface area contributed by atoms with Gasteiger partial charge in [0.05, 0.1) is 22.8 Å². The Labute approximate surface area is 409 Å². The van der Waals surface area contributed by atoms with E-state index in [0.29, 0.717) is 0 Å². The van der Waals surface area contributed by atoms with Gasteiger partial charge < -0.3 is 14.4 Å². The van der Waals surface area contributed by atoms with Crippen LogP contribution in [0.5, 0.6) is 0 Å². The molecule has 1 unspecified atom stereocenters. The molecular formula is C66H46BN3. The Kier molecular flexibility index (Phi) is 9.45. The molecule has 1 aromatic heterocycles. The standard InChI is InChI=1S/C66H46BN3/c1-5-17-45(18-6-1)49-29-35-53(36-30-49)68-62-39-33-51(47-21-9-3-10-22-47)41-58(62)67-59-42-52(48-23-11-4-12-24-48)34-40-63(59)69(54-37-31-50(32-38-54)46-19-7-2-8-20-46)65-44-55(43-64(68)66(65)67)70-60-27-15-13-25-56(60)57-26-14-16-28-61(57)70/h1-44,58,62H/t58?,62-/m1/s1. The Morgan fingerprint density at radius 3 is 1.41 bits per heavy atom. The molecule has 4 heteroatoms. The van der Waals surface area contributed by atoms with Crippen LogP contribution < -0.4 is 20.7 Å². The molecule has 3 aliphatic rings. The van der Waals surface area contributed by atoms with Gasteiger partial charge in [0.25, 0.3) is 0 Å². The maximum atomic E-state index is 2.66. The Morgan fingerprint density at radius 1 is 0.357 bits per heavy atom. The normalized spacial score (nSPS) is 15.7. The maximum absolute atomic E-state index is 2.66. The molecule has 0 saturated carbocycles. The van der Waals surface area contributed by atoms with Crippen molar-refractivity contribution in [2.75, 3.05) is 9.80 Å². The molecule has 1 aliphatic carbocycles. The number of hydrogen-bond donors (Lipinski definition) is 0. The molecular weight excluding hydrogens is 846 g/mol. The maximum Gasteiger partial charge on any atom is 0.226 e. The fraction of sp³-hybridized carbons (Fsp3) is 0.0303. The number of aromatic nitrogens is 1. The van der Waals surface area contributed by atoms with E-state index in [-0.39, 0.29) is 18.6 Å². The van der Waals surface area contributed by atoms with Crippen LogP contribution in [0.25, 0.3) is 66.4 Å². The molecule has 14 rings (SSSR count). The summed E-state index contributed by atoms with van der Waals surface area (Å²) in [6.45, 7) is 0.0317. The van der Waals surface area contributed by atoms with Crippen LogP contribution in [0.3, 0.4) is 0 Å². The van der Waals surface area contributed by atoms with E-state index in [1.54, 1.807) is 0 Å². The third kappa shape index (κ3) is 6.52. The van der Waals surface area contributed by atoms with Gasteiger partial charge in [-0.1, -0.05) is 212 Å². The average molecular weight is 892 g/mol. The Hall–Kier alpha value is -8.86. The van der Waals surface area contributed by atoms with E-state index < -0.39 is 0 Å². The first-order chi connectivity index (χ1) is 34.7. The highest BCUT2D eigenvalue weighted by atomic mass is 15.2. The minimum Gasteiger partial charge on any atom is -0.335 e. The van der Waals surface area contributed by atoms with Gasteiger partial charge in [0, 0.05) is 39.2 Å². The number of fused-ring (bicyclic) bond motifs is 7. The second-order valence-corrected chi connectivity index (χ2v) is 18.8. The van der Waals surface area contributed by atoms with Crippen molar-refractivity contribution >= 4 is 73.5 Å². The van der Waals surface area contributed by atoms with Crippen LogP contribution in [0.4, 0.5) is 28.4 Å². The van der Waals surface area contributed by atoms with Crippen LogP contribution in [0, 0.1) is 0 Å². The van der Waals surface area contributed by atoms with Crippen LogP contribution >= 0.6 is 0 Å². The van der Waals surface area contributed by atoms with Gasteiger partial charge in [-0.05, 0) is 116 Å². The SMILES string of the molecule is C1=C[C@@H]2C(C=C1c1ccccc1)B1c3cc(-c4ccccc4)ccc3N(c3ccc(-c4ccccc4)cc3)c3cc(-n4c5ccccc5c5ccccc54)cc(c31)N2c1ccc(-c2ccccc2)cc1. The van der Waals surface area contributed by atoms with Crippen molar-refractivity contribution < 1.29 is 0 Å². The molecule has 328 valence electrons. The quantitative estimate of drug-likeness (QED) is 0.148. The van der Waals surface area contributed by atoms with Crippen molar-refractivity contribution in [1.82, 2.24) is 4.57 Å². The topological polar surface area (TPSA) is 11.4 Å². The highest BCUT2D eigenvalue weighted by molar-refractivity contribution is 6.91. The summed E-state index contributed by atoms with van der Waals surface area (Å²) in [6.07, 6.45) is 7.45. The van der Waals surface area contributed by atoms with Crippen molar-refractivity contribution in [3.63, 3.8) is 0 Å².